The van der Waals surface area contributed by atoms with Crippen molar-refractivity contribution in [2.45, 2.75) is 6.92 Å². The van der Waals surface area contributed by atoms with Gasteiger partial charge in [0.05, 0.1) is 12.7 Å². The fourth-order valence-corrected chi connectivity index (χ4v) is 2.89. The fraction of sp³-hybridized carbons (Fsp3) is 0.200. The summed E-state index contributed by atoms with van der Waals surface area (Å²) in [6.07, 6.45) is 3.15. The van der Waals surface area contributed by atoms with Gasteiger partial charge in [-0.3, -0.25) is 9.78 Å². The van der Waals surface area contributed by atoms with E-state index in [9.17, 15) is 4.79 Å². The molecule has 3 aromatic rings. The number of anilines is 3. The maximum Gasteiger partial charge on any atom is 0.252 e. The van der Waals surface area contributed by atoms with Crippen LogP contribution in [-0.4, -0.2) is 41.1 Å². The molecule has 0 aliphatic rings. The first-order valence-corrected chi connectivity index (χ1v) is 9.72. The van der Waals surface area contributed by atoms with E-state index in [1.54, 1.807) is 19.4 Å². The molecule has 1 aromatic carbocycles. The average Bonchev–Trinajstić information content (AvgIpc) is 2.71. The van der Waals surface area contributed by atoms with Gasteiger partial charge in [-0.15, -0.1) is 0 Å². The quantitative estimate of drug-likeness (QED) is 0.445. The summed E-state index contributed by atoms with van der Waals surface area (Å²) in [5, 5.41) is 9.20. The number of methoxy groups -OCH3 is 1. The molecule has 0 atom stereocenters. The average molecular weight is 457 g/mol. The number of nitrogens with one attached hydrogen (secondary N) is 3. The lowest BCUT2D eigenvalue weighted by molar-refractivity contribution is 0.0954. The number of amides is 1. The molecule has 0 spiro atoms. The minimum atomic E-state index is -0.187. The van der Waals surface area contributed by atoms with Crippen molar-refractivity contribution in [2.24, 2.45) is 0 Å². The van der Waals surface area contributed by atoms with Crippen molar-refractivity contribution in [1.29, 1.82) is 0 Å². The van der Waals surface area contributed by atoms with E-state index in [-0.39, 0.29) is 5.91 Å². The van der Waals surface area contributed by atoms with Gasteiger partial charge in [0.15, 0.2) is 0 Å². The van der Waals surface area contributed by atoms with Crippen molar-refractivity contribution < 1.29 is 9.53 Å². The molecule has 3 rings (SSSR count). The Balaban J connectivity index is 1.53. The van der Waals surface area contributed by atoms with Crippen molar-refractivity contribution in [3.63, 3.8) is 0 Å². The van der Waals surface area contributed by atoms with Gasteiger partial charge < -0.3 is 20.7 Å². The number of carbonyl (C=O) groups excluding carboxylic acids is 1. The summed E-state index contributed by atoms with van der Waals surface area (Å²) in [6.45, 7) is 2.80. The predicted octanol–water partition coefficient (Wildman–Crippen LogP) is 3.54. The Morgan fingerprint density at radius 2 is 1.90 bits per heavy atom. The van der Waals surface area contributed by atoms with Crippen molar-refractivity contribution in [3.05, 3.63) is 64.5 Å². The number of ether oxygens (including phenoxy) is 1. The molecular weight excluding hydrogens is 436 g/mol. The highest BCUT2D eigenvalue weighted by Gasteiger charge is 2.07. The zero-order valence-electron chi connectivity index (χ0n) is 16.1. The standard InChI is InChI=1S/C20H21BrN6O2/c1-13-9-18(26-16-3-5-17(29-2)6-4-16)27-20(25-13)24-8-7-23-19(28)14-10-15(21)12-22-11-14/h3-6,9-12H,7-8H2,1-2H3,(H,23,28)(H2,24,25,26,27). The van der Waals surface area contributed by atoms with Crippen LogP contribution in [0.2, 0.25) is 0 Å². The zero-order valence-corrected chi connectivity index (χ0v) is 17.7. The SMILES string of the molecule is COc1ccc(Nc2cc(C)nc(NCCNC(=O)c3cncc(Br)c3)n2)cc1. The van der Waals surface area contributed by atoms with Crippen LogP contribution in [0.4, 0.5) is 17.5 Å². The van der Waals surface area contributed by atoms with Crippen LogP contribution in [0.5, 0.6) is 5.75 Å². The second-order valence-corrected chi connectivity index (χ2v) is 7.06. The van der Waals surface area contributed by atoms with Crippen LogP contribution in [0.3, 0.4) is 0 Å². The number of benzene rings is 1. The largest absolute Gasteiger partial charge is 0.497 e. The molecule has 0 fully saturated rings. The normalized spacial score (nSPS) is 10.3. The van der Waals surface area contributed by atoms with Gasteiger partial charge in [0.25, 0.3) is 5.91 Å². The molecule has 29 heavy (non-hydrogen) atoms. The molecular formula is C20H21BrN6O2. The Hall–Kier alpha value is -3.20. The molecule has 0 saturated carbocycles. The lowest BCUT2D eigenvalue weighted by atomic mass is 10.3. The van der Waals surface area contributed by atoms with Gasteiger partial charge in [-0.05, 0) is 53.2 Å². The fourth-order valence-electron chi connectivity index (χ4n) is 2.52. The van der Waals surface area contributed by atoms with Gasteiger partial charge in [-0.2, -0.15) is 4.98 Å². The van der Waals surface area contributed by atoms with Crippen LogP contribution in [0, 0.1) is 6.92 Å². The molecule has 150 valence electrons. The molecule has 0 unspecified atom stereocenters. The second-order valence-electron chi connectivity index (χ2n) is 6.15. The lowest BCUT2D eigenvalue weighted by Gasteiger charge is -2.11. The van der Waals surface area contributed by atoms with Crippen LogP contribution >= 0.6 is 15.9 Å². The molecule has 0 aliphatic carbocycles. The third kappa shape index (κ3) is 6.15. The Labute approximate surface area is 177 Å². The number of aryl methyl sites for hydroxylation is 1. The van der Waals surface area contributed by atoms with Gasteiger partial charge in [0.2, 0.25) is 5.95 Å². The number of halogens is 1. The Bertz CT molecular complexity index is 981. The summed E-state index contributed by atoms with van der Waals surface area (Å²) >= 11 is 3.30. The van der Waals surface area contributed by atoms with Crippen molar-refractivity contribution in [3.8, 4) is 5.75 Å². The molecule has 2 heterocycles. The van der Waals surface area contributed by atoms with Crippen molar-refractivity contribution in [2.75, 3.05) is 30.8 Å². The first kappa shape index (κ1) is 20.5. The predicted molar refractivity (Wildman–Crippen MR) is 116 cm³/mol. The van der Waals surface area contributed by atoms with Gasteiger partial charge in [-0.1, -0.05) is 0 Å². The van der Waals surface area contributed by atoms with Crippen LogP contribution < -0.4 is 20.7 Å². The van der Waals surface area contributed by atoms with E-state index >= 15 is 0 Å². The molecule has 0 saturated heterocycles. The zero-order chi connectivity index (χ0) is 20.6. The first-order chi connectivity index (χ1) is 14.0. The van der Waals surface area contributed by atoms with Gasteiger partial charge in [0.1, 0.15) is 11.6 Å². The molecule has 0 aliphatic heterocycles. The summed E-state index contributed by atoms with van der Waals surface area (Å²) in [7, 11) is 1.63. The van der Waals surface area contributed by atoms with Crippen LogP contribution in [0.25, 0.3) is 0 Å². The van der Waals surface area contributed by atoms with E-state index in [0.29, 0.717) is 30.4 Å². The lowest BCUT2D eigenvalue weighted by Crippen LogP contribution is -2.29. The third-order valence-corrected chi connectivity index (χ3v) is 4.31. The van der Waals surface area contributed by atoms with Gasteiger partial charge in [0, 0.05) is 47.4 Å². The molecule has 1 amide bonds. The van der Waals surface area contributed by atoms with Crippen molar-refractivity contribution in [1.82, 2.24) is 20.3 Å². The smallest absolute Gasteiger partial charge is 0.252 e. The molecule has 8 nitrogen and oxygen atoms in total. The molecule has 0 radical (unpaired) electrons. The van der Waals surface area contributed by atoms with Crippen LogP contribution in [-0.2, 0) is 0 Å². The van der Waals surface area contributed by atoms with E-state index < -0.39 is 0 Å². The topological polar surface area (TPSA) is 101 Å². The first-order valence-electron chi connectivity index (χ1n) is 8.93. The summed E-state index contributed by atoms with van der Waals surface area (Å²) in [5.74, 6) is 1.76. The Morgan fingerprint density at radius 3 is 2.62 bits per heavy atom. The second kappa shape index (κ2) is 9.83. The van der Waals surface area contributed by atoms with Gasteiger partial charge >= 0.3 is 0 Å². The van der Waals surface area contributed by atoms with Gasteiger partial charge in [-0.25, -0.2) is 4.98 Å². The number of hydrogen-bond donors (Lipinski definition) is 3. The summed E-state index contributed by atoms with van der Waals surface area (Å²) in [5.41, 5.74) is 2.21. The Morgan fingerprint density at radius 1 is 1.10 bits per heavy atom. The van der Waals surface area contributed by atoms with Crippen molar-refractivity contribution >= 4 is 39.3 Å². The van der Waals surface area contributed by atoms with Crippen LogP contribution in [0.15, 0.2) is 53.3 Å². The molecule has 2 aromatic heterocycles. The highest BCUT2D eigenvalue weighted by Crippen LogP contribution is 2.19. The number of carbonyl (C=O) groups is 1. The third-order valence-electron chi connectivity index (χ3n) is 3.88. The van der Waals surface area contributed by atoms with E-state index in [1.165, 1.54) is 6.20 Å². The Kier molecular flexibility index (Phi) is 6.96. The maximum absolute atomic E-state index is 12.1. The molecule has 3 N–H and O–H groups in total. The monoisotopic (exact) mass is 456 g/mol. The minimum Gasteiger partial charge on any atom is -0.497 e. The molecule has 9 heteroatoms. The van der Waals surface area contributed by atoms with E-state index in [2.05, 4.69) is 46.8 Å². The number of aromatic nitrogens is 3. The van der Waals surface area contributed by atoms with Crippen LogP contribution in [0.1, 0.15) is 16.1 Å². The molecule has 0 bridgehead atoms. The maximum atomic E-state index is 12.1. The number of nitrogens with zero attached hydrogens (tertiary/aromatic N) is 3. The summed E-state index contributed by atoms with van der Waals surface area (Å²) in [6, 6.07) is 11.2. The number of pyridine rings is 1. The van der Waals surface area contributed by atoms with E-state index in [1.807, 2.05) is 37.3 Å². The number of rotatable bonds is 8. The summed E-state index contributed by atoms with van der Waals surface area (Å²) < 4.78 is 5.92. The van der Waals surface area contributed by atoms with E-state index in [0.717, 1.165) is 21.6 Å². The summed E-state index contributed by atoms with van der Waals surface area (Å²) in [4.78, 5) is 24.9. The highest BCUT2D eigenvalue weighted by molar-refractivity contribution is 9.10. The minimum absolute atomic E-state index is 0.187. The number of hydrogen-bond acceptors (Lipinski definition) is 7. The highest BCUT2D eigenvalue weighted by atomic mass is 79.9. The van der Waals surface area contributed by atoms with E-state index in [4.69, 9.17) is 4.74 Å².